The van der Waals surface area contributed by atoms with Crippen molar-refractivity contribution in [2.75, 3.05) is 0 Å². The van der Waals surface area contributed by atoms with Crippen LogP contribution in [-0.2, 0) is 4.79 Å². The molecule has 0 aliphatic heterocycles. The van der Waals surface area contributed by atoms with E-state index in [9.17, 15) is 9.59 Å². The molecule has 1 rings (SSSR count). The Bertz CT molecular complexity index is 599. The highest BCUT2D eigenvalue weighted by molar-refractivity contribution is 9.10. The highest BCUT2D eigenvalue weighted by Gasteiger charge is 2.23. The molecule has 5 heteroatoms. The van der Waals surface area contributed by atoms with Gasteiger partial charge in [-0.2, -0.15) is 0 Å². The Hall–Kier alpha value is -0.680. The molecule has 0 saturated heterocycles. The molecule has 0 radical (unpaired) electrons. The van der Waals surface area contributed by atoms with E-state index in [2.05, 4.69) is 38.8 Å². The second-order valence-corrected chi connectivity index (χ2v) is 8.77. The van der Waals surface area contributed by atoms with Gasteiger partial charge in [-0.15, -0.1) is 0 Å². The summed E-state index contributed by atoms with van der Waals surface area (Å²) in [5.41, 5.74) is 1.40. The average Bonchev–Trinajstić information content (AvgIpc) is 2.58. The molecular formula is C21H30Br2O3. The van der Waals surface area contributed by atoms with Gasteiger partial charge in [0.05, 0.1) is 14.9 Å². The molecule has 146 valence electrons. The van der Waals surface area contributed by atoms with Gasteiger partial charge in [0.15, 0.2) is 11.5 Å². The van der Waals surface area contributed by atoms with Crippen LogP contribution in [0.25, 0.3) is 0 Å². The van der Waals surface area contributed by atoms with Crippen molar-refractivity contribution in [1.29, 1.82) is 0 Å². The molecule has 0 fully saturated rings. The van der Waals surface area contributed by atoms with E-state index in [0.29, 0.717) is 15.8 Å². The van der Waals surface area contributed by atoms with Gasteiger partial charge >= 0.3 is 5.97 Å². The normalized spacial score (nSPS) is 12.0. The highest BCUT2D eigenvalue weighted by atomic mass is 79.9. The lowest BCUT2D eigenvalue weighted by Crippen LogP contribution is -2.17. The van der Waals surface area contributed by atoms with Crippen molar-refractivity contribution in [2.24, 2.45) is 0 Å². The first-order valence-electron chi connectivity index (χ1n) is 9.53. The first-order valence-corrected chi connectivity index (χ1v) is 11.2. The molecule has 0 bridgehead atoms. The molecule has 0 saturated carbocycles. The standard InChI is InChI=1S/C21H30Br2O3/c1-4-5-6-7-8-9-10-11-12-18(22)20(25)17-13-15(2)14-19(23)21(17)26-16(3)24/h13-14,18H,4-12H2,1-3H3. The second kappa shape index (κ2) is 12.7. The largest absolute Gasteiger partial charge is 0.425 e. The Labute approximate surface area is 174 Å². The topological polar surface area (TPSA) is 43.4 Å². The third-order valence-corrected chi connectivity index (χ3v) is 5.76. The number of aryl methyl sites for hydroxylation is 1. The summed E-state index contributed by atoms with van der Waals surface area (Å²) in [5, 5.41) is 0. The predicted molar refractivity (Wildman–Crippen MR) is 114 cm³/mol. The van der Waals surface area contributed by atoms with E-state index in [1.54, 1.807) is 6.07 Å². The maximum Gasteiger partial charge on any atom is 0.308 e. The van der Waals surface area contributed by atoms with E-state index < -0.39 is 5.97 Å². The summed E-state index contributed by atoms with van der Waals surface area (Å²) in [5.74, 6) is -0.153. The van der Waals surface area contributed by atoms with Crippen LogP contribution < -0.4 is 4.74 Å². The lowest BCUT2D eigenvalue weighted by atomic mass is 10.0. The van der Waals surface area contributed by atoms with Crippen molar-refractivity contribution < 1.29 is 14.3 Å². The van der Waals surface area contributed by atoms with Crippen LogP contribution in [0.4, 0.5) is 0 Å². The zero-order chi connectivity index (χ0) is 19.5. The van der Waals surface area contributed by atoms with Crippen molar-refractivity contribution in [3.63, 3.8) is 0 Å². The lowest BCUT2D eigenvalue weighted by molar-refractivity contribution is -0.131. The van der Waals surface area contributed by atoms with E-state index in [0.717, 1.165) is 24.8 Å². The molecule has 1 aromatic carbocycles. The Morgan fingerprint density at radius 3 is 2.19 bits per heavy atom. The number of unbranched alkanes of at least 4 members (excludes halogenated alkanes) is 7. The summed E-state index contributed by atoms with van der Waals surface area (Å²) in [6.07, 6.45) is 10.7. The maximum atomic E-state index is 12.8. The summed E-state index contributed by atoms with van der Waals surface area (Å²) < 4.78 is 5.89. The minimum atomic E-state index is -0.433. The summed E-state index contributed by atoms with van der Waals surface area (Å²) in [6, 6.07) is 3.63. The van der Waals surface area contributed by atoms with Crippen LogP contribution >= 0.6 is 31.9 Å². The number of esters is 1. The number of benzene rings is 1. The van der Waals surface area contributed by atoms with E-state index in [1.165, 1.54) is 45.4 Å². The third kappa shape index (κ3) is 8.34. The molecule has 0 amide bonds. The van der Waals surface area contributed by atoms with Crippen molar-refractivity contribution in [2.45, 2.75) is 83.4 Å². The molecule has 0 aromatic heterocycles. The quantitative estimate of drug-likeness (QED) is 0.103. The SMILES string of the molecule is CCCCCCCCCCC(Br)C(=O)c1cc(C)cc(Br)c1OC(C)=O. The first-order chi connectivity index (χ1) is 12.4. The number of ketones is 1. The van der Waals surface area contributed by atoms with Gasteiger partial charge in [-0.25, -0.2) is 0 Å². The summed E-state index contributed by atoms with van der Waals surface area (Å²) in [7, 11) is 0. The van der Waals surface area contributed by atoms with Crippen LogP contribution in [0.3, 0.4) is 0 Å². The molecule has 1 aromatic rings. The van der Waals surface area contributed by atoms with Crippen LogP contribution in [0.2, 0.25) is 0 Å². The smallest absolute Gasteiger partial charge is 0.308 e. The van der Waals surface area contributed by atoms with Crippen LogP contribution in [0, 0.1) is 6.92 Å². The number of carbonyl (C=O) groups excluding carboxylic acids is 2. The van der Waals surface area contributed by atoms with Crippen LogP contribution in [0.15, 0.2) is 16.6 Å². The van der Waals surface area contributed by atoms with Gasteiger partial charge in [-0.05, 0) is 47.0 Å². The number of carbonyl (C=O) groups is 2. The van der Waals surface area contributed by atoms with Gasteiger partial charge in [-0.1, -0.05) is 74.2 Å². The fourth-order valence-electron chi connectivity index (χ4n) is 2.92. The molecule has 3 nitrogen and oxygen atoms in total. The van der Waals surface area contributed by atoms with Crippen LogP contribution in [0.5, 0.6) is 5.75 Å². The van der Waals surface area contributed by atoms with Gasteiger partial charge in [0.2, 0.25) is 0 Å². The van der Waals surface area contributed by atoms with Crippen molar-refractivity contribution in [3.05, 3.63) is 27.7 Å². The second-order valence-electron chi connectivity index (χ2n) is 6.81. The lowest BCUT2D eigenvalue weighted by Gasteiger charge is -2.14. The number of rotatable bonds is 12. The number of halogens is 2. The van der Waals surface area contributed by atoms with Gasteiger partial charge in [0, 0.05) is 6.92 Å². The molecule has 0 N–H and O–H groups in total. The van der Waals surface area contributed by atoms with Crippen LogP contribution in [-0.4, -0.2) is 16.6 Å². The molecule has 0 aliphatic rings. The minimum absolute atomic E-state index is 0.0337. The molecule has 0 aliphatic carbocycles. The van der Waals surface area contributed by atoms with Crippen LogP contribution in [0.1, 0.15) is 87.6 Å². The molecule has 1 unspecified atom stereocenters. The van der Waals surface area contributed by atoms with Gasteiger partial charge in [-0.3, -0.25) is 9.59 Å². The number of ether oxygens (including phenoxy) is 1. The van der Waals surface area contributed by atoms with Crippen molar-refractivity contribution >= 4 is 43.6 Å². The minimum Gasteiger partial charge on any atom is -0.425 e. The zero-order valence-corrected chi connectivity index (χ0v) is 19.2. The van der Waals surface area contributed by atoms with Gasteiger partial charge in [0.25, 0.3) is 0 Å². The monoisotopic (exact) mass is 488 g/mol. The molecule has 26 heavy (non-hydrogen) atoms. The van der Waals surface area contributed by atoms with Crippen molar-refractivity contribution in [1.82, 2.24) is 0 Å². The number of hydrogen-bond donors (Lipinski definition) is 0. The first kappa shape index (κ1) is 23.4. The van der Waals surface area contributed by atoms with E-state index in [-0.39, 0.29) is 10.6 Å². The number of Topliss-reactive ketones (excluding diaryl/α,β-unsaturated/α-hetero) is 1. The zero-order valence-electron chi connectivity index (χ0n) is 16.1. The fourth-order valence-corrected chi connectivity index (χ4v) is 4.14. The maximum absolute atomic E-state index is 12.8. The molecule has 0 spiro atoms. The summed E-state index contributed by atoms with van der Waals surface area (Å²) >= 11 is 6.93. The van der Waals surface area contributed by atoms with Crippen molar-refractivity contribution in [3.8, 4) is 5.75 Å². The van der Waals surface area contributed by atoms with E-state index >= 15 is 0 Å². The van der Waals surface area contributed by atoms with Gasteiger partial charge < -0.3 is 4.74 Å². The molecular weight excluding hydrogens is 460 g/mol. The average molecular weight is 490 g/mol. The predicted octanol–water partition coefficient (Wildman–Crippen LogP) is 7.16. The summed E-state index contributed by atoms with van der Waals surface area (Å²) in [6.45, 7) is 5.49. The highest BCUT2D eigenvalue weighted by Crippen LogP contribution is 2.33. The Morgan fingerprint density at radius 2 is 1.62 bits per heavy atom. The van der Waals surface area contributed by atoms with E-state index in [4.69, 9.17) is 4.74 Å². The number of alkyl halides is 1. The Morgan fingerprint density at radius 1 is 1.04 bits per heavy atom. The van der Waals surface area contributed by atoms with E-state index in [1.807, 2.05) is 13.0 Å². The fraction of sp³-hybridized carbons (Fsp3) is 0.619. The number of hydrogen-bond acceptors (Lipinski definition) is 3. The molecule has 1 atom stereocenters. The molecule has 0 heterocycles. The van der Waals surface area contributed by atoms with Gasteiger partial charge in [0.1, 0.15) is 0 Å². The Kier molecular flexibility index (Phi) is 11.4. The third-order valence-electron chi connectivity index (χ3n) is 4.29. The Balaban J connectivity index is 2.56. The summed E-state index contributed by atoms with van der Waals surface area (Å²) in [4.78, 5) is 23.9.